The third kappa shape index (κ3) is 4.73. The van der Waals surface area contributed by atoms with Crippen molar-refractivity contribution in [2.24, 2.45) is 12.0 Å². The maximum Gasteiger partial charge on any atom is 0.191 e. The van der Waals surface area contributed by atoms with Gasteiger partial charge in [-0.1, -0.05) is 36.8 Å². The van der Waals surface area contributed by atoms with Crippen LogP contribution in [0.5, 0.6) is 0 Å². The maximum atomic E-state index is 4.97. The Kier molecular flexibility index (Phi) is 6.73. The molecule has 1 unspecified atom stereocenters. The molecule has 3 rings (SSSR count). The number of nitrogens with zero attached hydrogens (tertiary/aromatic N) is 4. The van der Waals surface area contributed by atoms with Crippen molar-refractivity contribution in [2.75, 3.05) is 33.7 Å². The van der Waals surface area contributed by atoms with Gasteiger partial charge in [-0.2, -0.15) is 5.10 Å². The Labute approximate surface area is 169 Å². The average Bonchev–Trinajstić information content (AvgIpc) is 3.07. The van der Waals surface area contributed by atoms with Gasteiger partial charge >= 0.3 is 0 Å². The molecule has 0 radical (unpaired) electrons. The second-order valence-corrected chi connectivity index (χ2v) is 8.00. The van der Waals surface area contributed by atoms with Crippen molar-refractivity contribution in [3.8, 4) is 0 Å². The molecule has 2 aromatic rings. The normalized spacial score (nSPS) is 17.2. The van der Waals surface area contributed by atoms with Crippen molar-refractivity contribution in [3.05, 3.63) is 53.9 Å². The molecule has 0 spiro atoms. The number of benzene rings is 1. The molecule has 0 bridgehead atoms. The van der Waals surface area contributed by atoms with Crippen molar-refractivity contribution in [2.45, 2.75) is 37.6 Å². The topological polar surface area (TPSA) is 57.5 Å². The number of guanidine groups is 1. The minimum absolute atomic E-state index is 0.202. The summed E-state index contributed by atoms with van der Waals surface area (Å²) >= 11 is 0. The molecule has 6 heteroatoms. The van der Waals surface area contributed by atoms with Crippen LogP contribution in [0.4, 0.5) is 0 Å². The number of hydrogen-bond donors (Lipinski definition) is 2. The first kappa shape index (κ1) is 20.4. The first-order chi connectivity index (χ1) is 13.5. The van der Waals surface area contributed by atoms with E-state index in [1.807, 2.05) is 17.9 Å². The van der Waals surface area contributed by atoms with Crippen molar-refractivity contribution in [3.63, 3.8) is 0 Å². The highest BCUT2D eigenvalue weighted by atomic mass is 15.3. The highest BCUT2D eigenvalue weighted by Crippen LogP contribution is 2.43. The van der Waals surface area contributed by atoms with E-state index in [1.54, 1.807) is 0 Å². The van der Waals surface area contributed by atoms with Gasteiger partial charge in [-0.3, -0.25) is 9.67 Å². The third-order valence-corrected chi connectivity index (χ3v) is 5.78. The summed E-state index contributed by atoms with van der Waals surface area (Å²) < 4.78 is 1.85. The van der Waals surface area contributed by atoms with Crippen LogP contribution in [0.1, 0.15) is 43.4 Å². The van der Waals surface area contributed by atoms with E-state index in [-0.39, 0.29) is 11.5 Å². The smallest absolute Gasteiger partial charge is 0.191 e. The summed E-state index contributed by atoms with van der Waals surface area (Å²) in [6.45, 7) is 4.57. The molecule has 152 valence electrons. The Morgan fingerprint density at radius 1 is 1.25 bits per heavy atom. The lowest BCUT2D eigenvalue weighted by molar-refractivity contribution is 0.253. The van der Waals surface area contributed by atoms with Crippen LogP contribution in [0, 0.1) is 0 Å². The van der Waals surface area contributed by atoms with E-state index in [0.29, 0.717) is 0 Å². The predicted molar refractivity (Wildman–Crippen MR) is 116 cm³/mol. The number of nitrogens with one attached hydrogen (secondary N) is 2. The summed E-state index contributed by atoms with van der Waals surface area (Å²) in [5.41, 5.74) is 2.83. The van der Waals surface area contributed by atoms with E-state index in [2.05, 4.69) is 78.2 Å². The average molecular weight is 383 g/mol. The number of aryl methyl sites for hydroxylation is 1. The van der Waals surface area contributed by atoms with Crippen LogP contribution in [0.25, 0.3) is 0 Å². The van der Waals surface area contributed by atoms with Crippen LogP contribution in [-0.2, 0) is 12.5 Å². The Morgan fingerprint density at radius 3 is 2.54 bits per heavy atom. The standard InChI is InChI=1S/C22H34N6/c1-5-23-21(24-15-20(27(2)3)18-14-26-28(4)16-18)25-17-22(12-9-13-22)19-10-7-6-8-11-19/h6-8,10-11,14,16,20H,5,9,12-13,15,17H2,1-4H3,(H2,23,24,25). The largest absolute Gasteiger partial charge is 0.357 e. The molecular formula is C22H34N6. The Bertz CT molecular complexity index is 760. The monoisotopic (exact) mass is 382 g/mol. The summed E-state index contributed by atoms with van der Waals surface area (Å²) in [6.07, 6.45) is 7.74. The summed E-state index contributed by atoms with van der Waals surface area (Å²) in [7, 11) is 6.15. The summed E-state index contributed by atoms with van der Waals surface area (Å²) in [6, 6.07) is 11.1. The first-order valence-corrected chi connectivity index (χ1v) is 10.3. The number of rotatable bonds is 8. The minimum atomic E-state index is 0.202. The molecule has 0 amide bonds. The van der Waals surface area contributed by atoms with Crippen LogP contribution >= 0.6 is 0 Å². The van der Waals surface area contributed by atoms with E-state index in [1.165, 1.54) is 30.4 Å². The third-order valence-electron chi connectivity index (χ3n) is 5.78. The molecule has 2 N–H and O–H groups in total. The highest BCUT2D eigenvalue weighted by molar-refractivity contribution is 5.79. The van der Waals surface area contributed by atoms with Gasteiger partial charge in [0.2, 0.25) is 0 Å². The number of aromatic nitrogens is 2. The molecule has 28 heavy (non-hydrogen) atoms. The molecule has 1 atom stereocenters. The fourth-order valence-electron chi connectivity index (χ4n) is 3.91. The molecular weight excluding hydrogens is 348 g/mol. The van der Waals surface area contributed by atoms with Gasteiger partial charge in [0.15, 0.2) is 5.96 Å². The Hall–Kier alpha value is -2.34. The lowest BCUT2D eigenvalue weighted by Crippen LogP contribution is -2.44. The molecule has 1 saturated carbocycles. The van der Waals surface area contributed by atoms with E-state index < -0.39 is 0 Å². The zero-order valence-electron chi connectivity index (χ0n) is 17.7. The molecule has 1 heterocycles. The van der Waals surface area contributed by atoms with Gasteiger partial charge in [0.1, 0.15) is 0 Å². The van der Waals surface area contributed by atoms with Crippen LogP contribution < -0.4 is 10.6 Å². The predicted octanol–water partition coefficient (Wildman–Crippen LogP) is 2.70. The lowest BCUT2D eigenvalue weighted by atomic mass is 9.64. The van der Waals surface area contributed by atoms with E-state index in [0.717, 1.165) is 25.6 Å². The molecule has 0 saturated heterocycles. The zero-order chi connectivity index (χ0) is 20.0. The van der Waals surface area contributed by atoms with Crippen molar-refractivity contribution in [1.82, 2.24) is 25.3 Å². The number of likely N-dealkylation sites (N-methyl/N-ethyl adjacent to an activating group) is 1. The minimum Gasteiger partial charge on any atom is -0.357 e. The molecule has 1 aliphatic carbocycles. The summed E-state index contributed by atoms with van der Waals surface area (Å²) in [4.78, 5) is 7.18. The van der Waals surface area contributed by atoms with Crippen LogP contribution in [0.15, 0.2) is 47.7 Å². The molecule has 1 aliphatic rings. The van der Waals surface area contributed by atoms with Crippen LogP contribution in [0.2, 0.25) is 0 Å². The van der Waals surface area contributed by atoms with Crippen molar-refractivity contribution >= 4 is 5.96 Å². The Morgan fingerprint density at radius 2 is 2.00 bits per heavy atom. The van der Waals surface area contributed by atoms with Gasteiger partial charge in [0.25, 0.3) is 0 Å². The maximum absolute atomic E-state index is 4.97. The van der Waals surface area contributed by atoms with E-state index in [4.69, 9.17) is 4.99 Å². The number of hydrogen-bond acceptors (Lipinski definition) is 3. The Balaban J connectivity index is 1.68. The molecule has 1 fully saturated rings. The fraction of sp³-hybridized carbons (Fsp3) is 0.545. The SMILES string of the molecule is CCNC(=NCC1(c2ccccc2)CCC1)NCC(c1cnn(C)c1)N(C)C. The summed E-state index contributed by atoms with van der Waals surface area (Å²) in [5.74, 6) is 0.889. The van der Waals surface area contributed by atoms with Crippen molar-refractivity contribution < 1.29 is 0 Å². The molecule has 0 aliphatic heterocycles. The van der Waals surface area contributed by atoms with Crippen LogP contribution in [-0.4, -0.2) is 54.4 Å². The second kappa shape index (κ2) is 9.24. The van der Waals surface area contributed by atoms with Gasteiger partial charge < -0.3 is 15.5 Å². The lowest BCUT2D eigenvalue weighted by Gasteiger charge is -2.41. The fourth-order valence-corrected chi connectivity index (χ4v) is 3.91. The van der Waals surface area contributed by atoms with E-state index >= 15 is 0 Å². The quantitative estimate of drug-likeness (QED) is 0.544. The van der Waals surface area contributed by atoms with Gasteiger partial charge in [-0.15, -0.1) is 0 Å². The van der Waals surface area contributed by atoms with Gasteiger partial charge in [0.05, 0.1) is 18.8 Å². The highest BCUT2D eigenvalue weighted by Gasteiger charge is 2.38. The molecule has 1 aromatic carbocycles. The van der Waals surface area contributed by atoms with Crippen LogP contribution in [0.3, 0.4) is 0 Å². The van der Waals surface area contributed by atoms with E-state index in [9.17, 15) is 0 Å². The van der Waals surface area contributed by atoms with Gasteiger partial charge in [0, 0.05) is 37.3 Å². The second-order valence-electron chi connectivity index (χ2n) is 8.00. The van der Waals surface area contributed by atoms with Gasteiger partial charge in [-0.25, -0.2) is 0 Å². The van der Waals surface area contributed by atoms with Crippen molar-refractivity contribution in [1.29, 1.82) is 0 Å². The summed E-state index contributed by atoms with van der Waals surface area (Å²) in [5, 5.41) is 11.3. The molecule has 1 aromatic heterocycles. The van der Waals surface area contributed by atoms with Gasteiger partial charge in [-0.05, 0) is 39.4 Å². The molecule has 6 nitrogen and oxygen atoms in total. The first-order valence-electron chi connectivity index (χ1n) is 10.3. The number of aliphatic imine (C=N–C) groups is 1. The zero-order valence-corrected chi connectivity index (χ0v) is 17.7.